The number of nitrogens with zero attached hydrogens (tertiary/aromatic N) is 2. The zero-order chi connectivity index (χ0) is 10.8. The van der Waals surface area contributed by atoms with Crippen LogP contribution in [-0.2, 0) is 0 Å². The summed E-state index contributed by atoms with van der Waals surface area (Å²) in [6.45, 7) is 5.84. The van der Waals surface area contributed by atoms with Gasteiger partial charge in [-0.3, -0.25) is 4.90 Å². The summed E-state index contributed by atoms with van der Waals surface area (Å²) in [5.41, 5.74) is -0.220. The number of hydrogen-bond donors (Lipinski definition) is 1. The maximum absolute atomic E-state index is 11.6. The maximum atomic E-state index is 11.6. The third-order valence-corrected chi connectivity index (χ3v) is 2.34. The highest BCUT2D eigenvalue weighted by Gasteiger charge is 2.18. The van der Waals surface area contributed by atoms with Crippen molar-refractivity contribution in [3.8, 4) is 0 Å². The number of urea groups is 1. The van der Waals surface area contributed by atoms with E-state index in [0.717, 1.165) is 0 Å². The molecule has 1 rings (SSSR count). The highest BCUT2D eigenvalue weighted by atomic mass is 32.1. The lowest BCUT2D eigenvalue weighted by molar-refractivity contribution is 0.239. The average Bonchev–Trinajstić information content (AvgIpc) is 2.51. The van der Waals surface area contributed by atoms with Crippen LogP contribution in [0, 0.1) is 0 Å². The van der Waals surface area contributed by atoms with Gasteiger partial charge in [0.05, 0.1) is 0 Å². The van der Waals surface area contributed by atoms with E-state index in [1.165, 1.54) is 16.2 Å². The van der Waals surface area contributed by atoms with Crippen molar-refractivity contribution in [3.05, 3.63) is 11.6 Å². The largest absolute Gasteiger partial charge is 0.333 e. The lowest BCUT2D eigenvalue weighted by atomic mass is 10.1. The quantitative estimate of drug-likeness (QED) is 0.776. The van der Waals surface area contributed by atoms with Crippen molar-refractivity contribution in [1.82, 2.24) is 10.3 Å². The molecule has 78 valence electrons. The van der Waals surface area contributed by atoms with Crippen LogP contribution < -0.4 is 10.2 Å². The summed E-state index contributed by atoms with van der Waals surface area (Å²) in [6.07, 6.45) is 1.68. The van der Waals surface area contributed by atoms with Crippen LogP contribution in [0.5, 0.6) is 0 Å². The van der Waals surface area contributed by atoms with E-state index >= 15 is 0 Å². The molecule has 0 atom stereocenters. The molecule has 0 aromatic carbocycles. The van der Waals surface area contributed by atoms with Crippen LogP contribution in [0.1, 0.15) is 20.8 Å². The summed E-state index contributed by atoms with van der Waals surface area (Å²) in [7, 11) is 1.71. The fourth-order valence-electron chi connectivity index (χ4n) is 0.873. The third-order valence-electron chi connectivity index (χ3n) is 1.49. The monoisotopic (exact) mass is 213 g/mol. The summed E-state index contributed by atoms with van der Waals surface area (Å²) in [6, 6.07) is -0.132. The van der Waals surface area contributed by atoms with Crippen LogP contribution in [0.25, 0.3) is 0 Å². The number of rotatable bonds is 1. The highest BCUT2D eigenvalue weighted by Crippen LogP contribution is 2.15. The van der Waals surface area contributed by atoms with E-state index in [1.807, 2.05) is 26.2 Å². The van der Waals surface area contributed by atoms with E-state index in [9.17, 15) is 4.79 Å². The Morgan fingerprint density at radius 2 is 2.21 bits per heavy atom. The predicted molar refractivity (Wildman–Crippen MR) is 58.8 cm³/mol. The van der Waals surface area contributed by atoms with Crippen molar-refractivity contribution in [1.29, 1.82) is 0 Å². The number of thiazole rings is 1. The molecule has 0 bridgehead atoms. The third kappa shape index (κ3) is 2.99. The second-order valence-electron chi connectivity index (χ2n) is 4.05. The fraction of sp³-hybridized carbons (Fsp3) is 0.556. The second kappa shape index (κ2) is 3.96. The normalized spacial score (nSPS) is 11.1. The van der Waals surface area contributed by atoms with Crippen molar-refractivity contribution >= 4 is 22.5 Å². The number of carbonyl (C=O) groups is 1. The Balaban J connectivity index is 2.63. The first-order valence-corrected chi connectivity index (χ1v) is 5.23. The van der Waals surface area contributed by atoms with Gasteiger partial charge in [0.2, 0.25) is 0 Å². The Morgan fingerprint density at radius 1 is 1.57 bits per heavy atom. The lowest BCUT2D eigenvalue weighted by Crippen LogP contribution is -2.47. The Hall–Kier alpha value is -1.10. The molecular formula is C9H15N3OS. The van der Waals surface area contributed by atoms with Crippen LogP contribution in [0.2, 0.25) is 0 Å². The Kier molecular flexibility index (Phi) is 3.10. The Labute approximate surface area is 88.0 Å². The first-order valence-electron chi connectivity index (χ1n) is 4.35. The van der Waals surface area contributed by atoms with Gasteiger partial charge in [0.15, 0.2) is 5.13 Å². The number of aromatic nitrogens is 1. The topological polar surface area (TPSA) is 45.2 Å². The van der Waals surface area contributed by atoms with Crippen molar-refractivity contribution in [3.63, 3.8) is 0 Å². The minimum Gasteiger partial charge on any atom is -0.333 e. The lowest BCUT2D eigenvalue weighted by Gasteiger charge is -2.24. The molecule has 2 amide bonds. The Morgan fingerprint density at radius 3 is 2.64 bits per heavy atom. The highest BCUT2D eigenvalue weighted by molar-refractivity contribution is 7.13. The summed E-state index contributed by atoms with van der Waals surface area (Å²) in [5, 5.41) is 5.40. The minimum atomic E-state index is -0.220. The van der Waals surface area contributed by atoms with E-state index in [-0.39, 0.29) is 11.6 Å². The summed E-state index contributed by atoms with van der Waals surface area (Å²) in [4.78, 5) is 17.2. The molecule has 0 saturated heterocycles. The number of hydrogen-bond acceptors (Lipinski definition) is 3. The van der Waals surface area contributed by atoms with E-state index in [4.69, 9.17) is 0 Å². The van der Waals surface area contributed by atoms with Gasteiger partial charge in [-0.2, -0.15) is 0 Å². The van der Waals surface area contributed by atoms with Gasteiger partial charge in [0.1, 0.15) is 0 Å². The smallest absolute Gasteiger partial charge is 0.323 e. The second-order valence-corrected chi connectivity index (χ2v) is 4.93. The molecule has 14 heavy (non-hydrogen) atoms. The fourth-order valence-corrected chi connectivity index (χ4v) is 1.48. The van der Waals surface area contributed by atoms with Crippen molar-refractivity contribution in [2.75, 3.05) is 11.9 Å². The van der Waals surface area contributed by atoms with E-state index < -0.39 is 0 Å². The first kappa shape index (κ1) is 11.0. The molecule has 0 fully saturated rings. The van der Waals surface area contributed by atoms with Gasteiger partial charge >= 0.3 is 6.03 Å². The van der Waals surface area contributed by atoms with Crippen LogP contribution in [0.3, 0.4) is 0 Å². The van der Waals surface area contributed by atoms with E-state index in [1.54, 1.807) is 13.2 Å². The van der Waals surface area contributed by atoms with Crippen molar-refractivity contribution in [2.45, 2.75) is 26.3 Å². The number of nitrogens with one attached hydrogen (secondary N) is 1. The van der Waals surface area contributed by atoms with Crippen LogP contribution in [0.15, 0.2) is 11.6 Å². The molecule has 5 heteroatoms. The number of anilines is 1. The van der Waals surface area contributed by atoms with Crippen LogP contribution in [-0.4, -0.2) is 23.6 Å². The molecule has 0 saturated carbocycles. The SMILES string of the molecule is CN(C(=O)NC(C)(C)C)c1nccs1. The van der Waals surface area contributed by atoms with Gasteiger partial charge in [0.25, 0.3) is 0 Å². The van der Waals surface area contributed by atoms with Gasteiger partial charge in [-0.25, -0.2) is 9.78 Å². The average molecular weight is 213 g/mol. The maximum Gasteiger partial charge on any atom is 0.323 e. The zero-order valence-electron chi connectivity index (χ0n) is 8.87. The molecule has 0 radical (unpaired) electrons. The number of amides is 2. The van der Waals surface area contributed by atoms with E-state index in [2.05, 4.69) is 10.3 Å². The molecule has 0 spiro atoms. The van der Waals surface area contributed by atoms with Gasteiger partial charge in [0, 0.05) is 24.2 Å². The van der Waals surface area contributed by atoms with Gasteiger partial charge in [-0.1, -0.05) is 0 Å². The first-order chi connectivity index (χ1) is 6.40. The molecule has 1 aromatic heterocycles. The summed E-state index contributed by atoms with van der Waals surface area (Å²) in [5.74, 6) is 0. The minimum absolute atomic E-state index is 0.132. The molecule has 0 aliphatic heterocycles. The van der Waals surface area contributed by atoms with Crippen LogP contribution >= 0.6 is 11.3 Å². The standard InChI is InChI=1S/C9H15N3OS/c1-9(2,3)11-7(13)12(4)8-10-5-6-14-8/h5-6H,1-4H3,(H,11,13). The summed E-state index contributed by atoms with van der Waals surface area (Å²) < 4.78 is 0. The summed E-state index contributed by atoms with van der Waals surface area (Å²) >= 11 is 1.44. The van der Waals surface area contributed by atoms with Crippen molar-refractivity contribution < 1.29 is 4.79 Å². The van der Waals surface area contributed by atoms with Gasteiger partial charge in [-0.15, -0.1) is 11.3 Å². The molecular weight excluding hydrogens is 198 g/mol. The van der Waals surface area contributed by atoms with Crippen molar-refractivity contribution in [2.24, 2.45) is 0 Å². The Bertz CT molecular complexity index is 302. The molecule has 0 unspecified atom stereocenters. The zero-order valence-corrected chi connectivity index (χ0v) is 9.68. The van der Waals surface area contributed by atoms with Gasteiger partial charge < -0.3 is 5.32 Å². The molecule has 0 aliphatic carbocycles. The molecule has 1 aromatic rings. The van der Waals surface area contributed by atoms with Gasteiger partial charge in [-0.05, 0) is 20.8 Å². The molecule has 1 heterocycles. The number of carbonyl (C=O) groups excluding carboxylic acids is 1. The molecule has 1 N–H and O–H groups in total. The predicted octanol–water partition coefficient (Wildman–Crippen LogP) is 2.09. The molecule has 4 nitrogen and oxygen atoms in total. The molecule has 0 aliphatic rings. The van der Waals surface area contributed by atoms with E-state index in [0.29, 0.717) is 5.13 Å². The van der Waals surface area contributed by atoms with Crippen LogP contribution in [0.4, 0.5) is 9.93 Å².